The molecular formula is C2H5BrN4O2. The van der Waals surface area contributed by atoms with Gasteiger partial charge in [-0.3, -0.25) is 0 Å². The van der Waals surface area contributed by atoms with Crippen LogP contribution in [0.1, 0.15) is 0 Å². The molecule has 0 rings (SSSR count). The van der Waals surface area contributed by atoms with Crippen LogP contribution in [0.15, 0.2) is 0 Å². The lowest BCUT2D eigenvalue weighted by Gasteiger charge is -2.08. The van der Waals surface area contributed by atoms with Crippen LogP contribution in [0.5, 0.6) is 0 Å². The summed E-state index contributed by atoms with van der Waals surface area (Å²) < 4.78 is 0.593. The quantitative estimate of drug-likeness (QED) is 0.351. The highest BCUT2D eigenvalue weighted by Gasteiger charge is 2.04. The molecule has 0 fully saturated rings. The third-order valence-corrected chi connectivity index (χ3v) is 0.929. The van der Waals surface area contributed by atoms with Crippen LogP contribution >= 0.6 is 16.1 Å². The molecule has 0 bridgehead atoms. The second-order valence-corrected chi connectivity index (χ2v) is 1.80. The summed E-state index contributed by atoms with van der Waals surface area (Å²) in [6.45, 7) is 0. The predicted octanol–water partition coefficient (Wildman–Crippen LogP) is -0.740. The van der Waals surface area contributed by atoms with Crippen molar-refractivity contribution in [1.82, 2.24) is 9.46 Å². The second-order valence-electron chi connectivity index (χ2n) is 1.10. The highest BCUT2D eigenvalue weighted by atomic mass is 79.9. The van der Waals surface area contributed by atoms with Gasteiger partial charge in [0.25, 0.3) is 0 Å². The number of nitrogens with two attached hydrogens (primary N) is 2. The number of rotatable bonds is 0. The van der Waals surface area contributed by atoms with Crippen LogP contribution in [-0.2, 0) is 0 Å². The van der Waals surface area contributed by atoms with Crippen molar-refractivity contribution in [3.63, 3.8) is 0 Å². The molecule has 0 aromatic heterocycles. The maximum absolute atomic E-state index is 10.1. The van der Waals surface area contributed by atoms with E-state index in [0.29, 0.717) is 4.03 Å². The Bertz CT molecular complexity index is 137. The topological polar surface area (TPSA) is 101 Å². The van der Waals surface area contributed by atoms with Crippen LogP contribution < -0.4 is 16.9 Å². The Morgan fingerprint density at radius 1 is 1.44 bits per heavy atom. The van der Waals surface area contributed by atoms with Crippen LogP contribution in [0.4, 0.5) is 9.59 Å². The number of primary amides is 2. The molecule has 0 aromatic rings. The molecule has 0 saturated heterocycles. The number of hydrogen-bond acceptors (Lipinski definition) is 2. The molecule has 0 unspecified atom stereocenters. The summed E-state index contributed by atoms with van der Waals surface area (Å²) in [5.74, 6) is 0. The van der Waals surface area contributed by atoms with Gasteiger partial charge in [0.15, 0.2) is 0 Å². The summed E-state index contributed by atoms with van der Waals surface area (Å²) in [6.07, 6.45) is 0. The predicted molar refractivity (Wildman–Crippen MR) is 33.1 cm³/mol. The Morgan fingerprint density at radius 2 is 1.89 bits per heavy atom. The van der Waals surface area contributed by atoms with Gasteiger partial charge >= 0.3 is 12.1 Å². The van der Waals surface area contributed by atoms with E-state index in [9.17, 15) is 9.59 Å². The molecule has 4 amide bonds. The maximum atomic E-state index is 10.1. The number of hydrogen-bond donors (Lipinski definition) is 3. The monoisotopic (exact) mass is 196 g/mol. The summed E-state index contributed by atoms with van der Waals surface area (Å²) >= 11 is 2.59. The van der Waals surface area contributed by atoms with Crippen LogP contribution in [0, 0.1) is 0 Å². The Hall–Kier alpha value is -0.980. The number of nitrogens with one attached hydrogen (secondary N) is 1. The van der Waals surface area contributed by atoms with E-state index in [4.69, 9.17) is 0 Å². The summed E-state index contributed by atoms with van der Waals surface area (Å²) in [4.78, 5) is 20.0. The lowest BCUT2D eigenvalue weighted by molar-refractivity contribution is 0.216. The fourth-order valence-corrected chi connectivity index (χ4v) is 0.327. The van der Waals surface area contributed by atoms with E-state index < -0.39 is 12.1 Å². The van der Waals surface area contributed by atoms with E-state index in [1.807, 2.05) is 5.43 Å². The lowest BCUT2D eigenvalue weighted by Crippen LogP contribution is -2.44. The normalized spacial score (nSPS) is 8.11. The minimum absolute atomic E-state index is 0.593. The molecule has 0 spiro atoms. The van der Waals surface area contributed by atoms with Gasteiger partial charge in [0.1, 0.15) is 0 Å². The van der Waals surface area contributed by atoms with E-state index in [1.54, 1.807) is 0 Å². The zero-order chi connectivity index (χ0) is 7.44. The first-order chi connectivity index (χ1) is 4.04. The van der Waals surface area contributed by atoms with E-state index >= 15 is 0 Å². The summed E-state index contributed by atoms with van der Waals surface area (Å²) in [7, 11) is 0. The largest absolute Gasteiger partial charge is 0.350 e. The molecule has 0 aliphatic carbocycles. The van der Waals surface area contributed by atoms with Crippen molar-refractivity contribution in [2.45, 2.75) is 0 Å². The fourth-order valence-electron chi connectivity index (χ4n) is 0.152. The Morgan fingerprint density at radius 3 is 2.00 bits per heavy atom. The molecule has 5 N–H and O–H groups in total. The zero-order valence-corrected chi connectivity index (χ0v) is 5.88. The molecular weight excluding hydrogens is 192 g/mol. The summed E-state index contributed by atoms with van der Waals surface area (Å²) in [6, 6.07) is -1.72. The molecule has 0 heterocycles. The van der Waals surface area contributed by atoms with Gasteiger partial charge in [0.05, 0.1) is 16.1 Å². The summed E-state index contributed by atoms with van der Waals surface area (Å²) in [5.41, 5.74) is 11.1. The van der Waals surface area contributed by atoms with Gasteiger partial charge < -0.3 is 11.5 Å². The van der Waals surface area contributed by atoms with Crippen LogP contribution in [0.2, 0.25) is 0 Å². The number of halogens is 1. The van der Waals surface area contributed by atoms with Crippen molar-refractivity contribution >= 4 is 28.2 Å². The smallest absolute Gasteiger partial charge is 0.344 e. The van der Waals surface area contributed by atoms with Crippen molar-refractivity contribution in [3.8, 4) is 0 Å². The zero-order valence-electron chi connectivity index (χ0n) is 4.30. The highest BCUT2D eigenvalue weighted by Crippen LogP contribution is 1.88. The number of amides is 4. The van der Waals surface area contributed by atoms with E-state index in [1.165, 1.54) is 0 Å². The maximum Gasteiger partial charge on any atom is 0.344 e. The molecule has 7 heteroatoms. The van der Waals surface area contributed by atoms with Crippen molar-refractivity contribution in [1.29, 1.82) is 0 Å². The first-order valence-corrected chi connectivity index (χ1v) is 2.56. The molecule has 0 aromatic carbocycles. The molecule has 52 valence electrons. The minimum atomic E-state index is -0.870. The molecule has 0 aliphatic rings. The SMILES string of the molecule is NC(=O)NN(Br)C(N)=O. The van der Waals surface area contributed by atoms with Crippen molar-refractivity contribution in [2.24, 2.45) is 11.5 Å². The molecule has 0 radical (unpaired) electrons. The third kappa shape index (κ3) is 3.59. The first-order valence-electron chi connectivity index (χ1n) is 1.85. The molecule has 0 aliphatic heterocycles. The van der Waals surface area contributed by atoms with E-state index in [2.05, 4.69) is 27.6 Å². The average molecular weight is 197 g/mol. The van der Waals surface area contributed by atoms with E-state index in [-0.39, 0.29) is 0 Å². The molecule has 0 saturated carbocycles. The average Bonchev–Trinajstić information content (AvgIpc) is 1.63. The van der Waals surface area contributed by atoms with Gasteiger partial charge in [-0.15, -0.1) is 0 Å². The van der Waals surface area contributed by atoms with Gasteiger partial charge in [-0.2, -0.15) is 4.03 Å². The van der Waals surface area contributed by atoms with Crippen molar-refractivity contribution in [3.05, 3.63) is 0 Å². The van der Waals surface area contributed by atoms with Gasteiger partial charge in [-0.25, -0.2) is 15.0 Å². The standard InChI is InChI=1S/C2H5BrN4O2/c3-7(2(5)9)6-1(4)8/h(H2,5,9)(H3,4,6,8). The Labute approximate surface area is 59.5 Å². The first kappa shape index (κ1) is 8.02. The van der Waals surface area contributed by atoms with Crippen LogP contribution in [0.3, 0.4) is 0 Å². The summed E-state index contributed by atoms with van der Waals surface area (Å²) in [5, 5.41) is 0. The number of urea groups is 2. The highest BCUT2D eigenvalue weighted by molar-refractivity contribution is 9.07. The lowest BCUT2D eigenvalue weighted by atomic mass is 11.1. The number of carbonyl (C=O) groups is 2. The van der Waals surface area contributed by atoms with Gasteiger partial charge in [-0.1, -0.05) is 0 Å². The van der Waals surface area contributed by atoms with Crippen LogP contribution in [-0.4, -0.2) is 16.1 Å². The number of carbonyl (C=O) groups excluding carboxylic acids is 2. The van der Waals surface area contributed by atoms with Crippen molar-refractivity contribution in [2.75, 3.05) is 0 Å². The van der Waals surface area contributed by atoms with Gasteiger partial charge in [0, 0.05) is 0 Å². The van der Waals surface area contributed by atoms with Crippen LogP contribution in [0.25, 0.3) is 0 Å². The molecule has 6 nitrogen and oxygen atoms in total. The molecule has 9 heavy (non-hydrogen) atoms. The van der Waals surface area contributed by atoms with E-state index in [0.717, 1.165) is 0 Å². The fraction of sp³-hybridized carbons (Fsp3) is 0. The number of nitrogens with zero attached hydrogens (tertiary/aromatic N) is 1. The Kier molecular flexibility index (Phi) is 2.79. The van der Waals surface area contributed by atoms with Crippen molar-refractivity contribution < 1.29 is 9.59 Å². The Balaban J connectivity index is 3.63. The van der Waals surface area contributed by atoms with Gasteiger partial charge in [-0.05, 0) is 0 Å². The number of hydrazine groups is 1. The minimum Gasteiger partial charge on any atom is -0.350 e. The molecule has 0 atom stereocenters. The third-order valence-electron chi connectivity index (χ3n) is 0.402. The van der Waals surface area contributed by atoms with Gasteiger partial charge in [0.2, 0.25) is 0 Å². The second kappa shape index (κ2) is 3.13.